The maximum absolute atomic E-state index is 12.9. The van der Waals surface area contributed by atoms with Crippen LogP contribution in [0.3, 0.4) is 0 Å². The SMILES string of the molecule is FC1=CC2C3CCC(C3)C2C=C1. The van der Waals surface area contributed by atoms with Gasteiger partial charge in [-0.25, -0.2) is 4.39 Å². The van der Waals surface area contributed by atoms with Crippen molar-refractivity contribution < 1.29 is 4.39 Å². The van der Waals surface area contributed by atoms with Crippen molar-refractivity contribution in [3.8, 4) is 0 Å². The molecule has 2 bridgehead atoms. The summed E-state index contributed by atoms with van der Waals surface area (Å²) in [6.45, 7) is 0. The Bertz CT molecular complexity index is 264. The minimum absolute atomic E-state index is 0.0104. The molecule has 0 amide bonds. The van der Waals surface area contributed by atoms with Gasteiger partial charge in [0.25, 0.3) is 0 Å². The molecule has 0 aromatic heterocycles. The number of allylic oxidation sites excluding steroid dienone is 4. The van der Waals surface area contributed by atoms with Crippen LogP contribution in [0.4, 0.5) is 4.39 Å². The summed E-state index contributed by atoms with van der Waals surface area (Å²) in [4.78, 5) is 0. The highest BCUT2D eigenvalue weighted by atomic mass is 19.1. The van der Waals surface area contributed by atoms with Crippen molar-refractivity contribution in [2.24, 2.45) is 23.7 Å². The third-order valence-corrected chi connectivity index (χ3v) is 3.88. The quantitative estimate of drug-likeness (QED) is 0.516. The molecule has 2 fully saturated rings. The van der Waals surface area contributed by atoms with Crippen LogP contribution in [0.25, 0.3) is 0 Å². The van der Waals surface area contributed by atoms with Crippen molar-refractivity contribution in [3.05, 3.63) is 24.1 Å². The number of fused-ring (bicyclic) bond motifs is 5. The third kappa shape index (κ3) is 0.769. The zero-order valence-electron chi connectivity index (χ0n) is 7.04. The lowest BCUT2D eigenvalue weighted by atomic mass is 9.77. The molecule has 0 spiro atoms. The van der Waals surface area contributed by atoms with Gasteiger partial charge in [0.15, 0.2) is 0 Å². The second-order valence-electron chi connectivity index (χ2n) is 4.40. The fourth-order valence-corrected chi connectivity index (χ4v) is 3.36. The van der Waals surface area contributed by atoms with E-state index in [-0.39, 0.29) is 5.83 Å². The zero-order valence-corrected chi connectivity index (χ0v) is 7.04. The van der Waals surface area contributed by atoms with Crippen LogP contribution in [0.2, 0.25) is 0 Å². The Morgan fingerprint density at radius 1 is 1.17 bits per heavy atom. The highest BCUT2D eigenvalue weighted by Crippen LogP contribution is 2.54. The molecule has 1 heteroatoms. The molecule has 2 saturated carbocycles. The van der Waals surface area contributed by atoms with Gasteiger partial charge in [0.05, 0.1) is 0 Å². The van der Waals surface area contributed by atoms with Gasteiger partial charge in [-0.3, -0.25) is 0 Å². The molecule has 3 aliphatic rings. The maximum atomic E-state index is 12.9. The van der Waals surface area contributed by atoms with E-state index < -0.39 is 0 Å². The van der Waals surface area contributed by atoms with Crippen molar-refractivity contribution in [1.82, 2.24) is 0 Å². The molecule has 0 aromatic rings. The molecule has 3 rings (SSSR count). The van der Waals surface area contributed by atoms with Gasteiger partial charge in [-0.1, -0.05) is 6.08 Å². The van der Waals surface area contributed by atoms with Crippen LogP contribution in [-0.4, -0.2) is 0 Å². The molecule has 0 saturated heterocycles. The minimum atomic E-state index is -0.0104. The lowest BCUT2D eigenvalue weighted by Crippen LogP contribution is -2.20. The Kier molecular flexibility index (Phi) is 1.27. The minimum Gasteiger partial charge on any atom is -0.207 e. The molecule has 0 heterocycles. The standard InChI is InChI=1S/C11H13F/c12-9-3-4-10-7-1-2-8(5-7)11(10)6-9/h3-4,6-8,10-11H,1-2,5H2. The van der Waals surface area contributed by atoms with E-state index in [1.165, 1.54) is 19.3 Å². The van der Waals surface area contributed by atoms with Gasteiger partial charge in [-0.15, -0.1) is 0 Å². The summed E-state index contributed by atoms with van der Waals surface area (Å²) in [6, 6.07) is 0. The molecule has 0 nitrogen and oxygen atoms in total. The van der Waals surface area contributed by atoms with E-state index in [0.717, 1.165) is 11.8 Å². The summed E-state index contributed by atoms with van der Waals surface area (Å²) in [5.74, 6) is 2.90. The van der Waals surface area contributed by atoms with Crippen LogP contribution < -0.4 is 0 Å². The smallest absolute Gasteiger partial charge is 0.119 e. The zero-order chi connectivity index (χ0) is 8.13. The highest BCUT2D eigenvalue weighted by molar-refractivity contribution is 5.24. The summed E-state index contributed by atoms with van der Waals surface area (Å²) in [5.41, 5.74) is 0. The summed E-state index contributed by atoms with van der Waals surface area (Å²) in [5, 5.41) is 0. The van der Waals surface area contributed by atoms with Crippen LogP contribution in [0.5, 0.6) is 0 Å². The van der Waals surface area contributed by atoms with Gasteiger partial charge in [0.1, 0.15) is 5.83 Å². The van der Waals surface area contributed by atoms with Gasteiger partial charge in [0, 0.05) is 0 Å². The maximum Gasteiger partial charge on any atom is 0.119 e. The van der Waals surface area contributed by atoms with Crippen LogP contribution in [-0.2, 0) is 0 Å². The first-order valence-electron chi connectivity index (χ1n) is 4.90. The molecule has 4 atom stereocenters. The number of halogens is 1. The fraction of sp³-hybridized carbons (Fsp3) is 0.636. The van der Waals surface area contributed by atoms with Crippen LogP contribution in [0, 0.1) is 23.7 Å². The van der Waals surface area contributed by atoms with E-state index in [4.69, 9.17) is 0 Å². The Labute approximate surface area is 72.2 Å². The Morgan fingerprint density at radius 2 is 1.92 bits per heavy atom. The Hall–Kier alpha value is -0.590. The summed E-state index contributed by atoms with van der Waals surface area (Å²) >= 11 is 0. The lowest BCUT2D eigenvalue weighted by Gasteiger charge is -2.28. The predicted molar refractivity (Wildman–Crippen MR) is 46.1 cm³/mol. The molecule has 0 aliphatic heterocycles. The van der Waals surface area contributed by atoms with Gasteiger partial charge in [0.2, 0.25) is 0 Å². The van der Waals surface area contributed by atoms with Crippen molar-refractivity contribution in [2.45, 2.75) is 19.3 Å². The average molecular weight is 164 g/mol. The molecule has 3 aliphatic carbocycles. The first-order chi connectivity index (χ1) is 5.84. The van der Waals surface area contributed by atoms with Gasteiger partial charge in [-0.2, -0.15) is 0 Å². The molecular formula is C11H13F. The molecule has 0 aromatic carbocycles. The number of hydrogen-bond donors (Lipinski definition) is 0. The fourth-order valence-electron chi connectivity index (χ4n) is 3.36. The van der Waals surface area contributed by atoms with E-state index in [0.29, 0.717) is 11.8 Å². The first-order valence-corrected chi connectivity index (χ1v) is 4.90. The van der Waals surface area contributed by atoms with E-state index in [9.17, 15) is 4.39 Å². The van der Waals surface area contributed by atoms with Crippen molar-refractivity contribution >= 4 is 0 Å². The van der Waals surface area contributed by atoms with Crippen LogP contribution >= 0.6 is 0 Å². The molecule has 4 unspecified atom stereocenters. The van der Waals surface area contributed by atoms with E-state index >= 15 is 0 Å². The van der Waals surface area contributed by atoms with Crippen LogP contribution in [0.15, 0.2) is 24.1 Å². The van der Waals surface area contributed by atoms with Gasteiger partial charge < -0.3 is 0 Å². The molecule has 64 valence electrons. The second-order valence-corrected chi connectivity index (χ2v) is 4.40. The van der Waals surface area contributed by atoms with E-state index in [1.54, 1.807) is 6.08 Å². The topological polar surface area (TPSA) is 0 Å². The Morgan fingerprint density at radius 3 is 2.75 bits per heavy atom. The van der Waals surface area contributed by atoms with E-state index in [2.05, 4.69) is 6.08 Å². The second kappa shape index (κ2) is 2.21. The van der Waals surface area contributed by atoms with Crippen molar-refractivity contribution in [3.63, 3.8) is 0 Å². The number of hydrogen-bond acceptors (Lipinski definition) is 0. The monoisotopic (exact) mass is 164 g/mol. The van der Waals surface area contributed by atoms with Crippen LogP contribution in [0.1, 0.15) is 19.3 Å². The number of rotatable bonds is 0. The van der Waals surface area contributed by atoms with Gasteiger partial charge in [-0.05, 0) is 55.1 Å². The van der Waals surface area contributed by atoms with E-state index in [1.807, 2.05) is 6.08 Å². The molecule has 0 N–H and O–H groups in total. The summed E-state index contributed by atoms with van der Waals surface area (Å²) in [6.07, 6.45) is 9.68. The normalized spacial score (nSPS) is 49.2. The molecular weight excluding hydrogens is 151 g/mol. The molecule has 12 heavy (non-hydrogen) atoms. The summed E-state index contributed by atoms with van der Waals surface area (Å²) in [7, 11) is 0. The highest BCUT2D eigenvalue weighted by Gasteiger charge is 2.46. The molecule has 0 radical (unpaired) electrons. The van der Waals surface area contributed by atoms with Crippen molar-refractivity contribution in [1.29, 1.82) is 0 Å². The van der Waals surface area contributed by atoms with Crippen molar-refractivity contribution in [2.75, 3.05) is 0 Å². The third-order valence-electron chi connectivity index (χ3n) is 3.88. The Balaban J connectivity index is 1.96. The predicted octanol–water partition coefficient (Wildman–Crippen LogP) is 3.07. The van der Waals surface area contributed by atoms with Gasteiger partial charge >= 0.3 is 0 Å². The first kappa shape index (κ1) is 6.88. The average Bonchev–Trinajstić information content (AvgIpc) is 2.63. The lowest BCUT2D eigenvalue weighted by molar-refractivity contribution is 0.309. The summed E-state index contributed by atoms with van der Waals surface area (Å²) < 4.78 is 12.9. The largest absolute Gasteiger partial charge is 0.207 e.